The third-order valence-electron chi connectivity index (χ3n) is 3.40. The summed E-state index contributed by atoms with van der Waals surface area (Å²) in [7, 11) is 0. The molecule has 2 rings (SSSR count). The van der Waals surface area contributed by atoms with Crippen molar-refractivity contribution in [1.82, 2.24) is 0 Å². The van der Waals surface area contributed by atoms with Crippen LogP contribution < -0.4 is 5.73 Å². The van der Waals surface area contributed by atoms with Crippen LogP contribution in [0.15, 0.2) is 36.4 Å². The van der Waals surface area contributed by atoms with Gasteiger partial charge in [-0.1, -0.05) is 12.1 Å². The summed E-state index contributed by atoms with van der Waals surface area (Å²) >= 11 is 0. The molecular formula is C16H16F3NO. The molecule has 3 N–H and O–H groups in total. The van der Waals surface area contributed by atoms with Crippen LogP contribution in [0.3, 0.4) is 0 Å². The molecule has 2 aromatic carbocycles. The zero-order valence-corrected chi connectivity index (χ0v) is 11.5. The van der Waals surface area contributed by atoms with E-state index in [4.69, 9.17) is 5.73 Å². The number of aliphatic hydroxyl groups excluding tert-OH is 1. The highest BCUT2D eigenvalue weighted by molar-refractivity contribution is 5.31. The molecule has 112 valence electrons. The smallest absolute Gasteiger partial charge is 0.129 e. The van der Waals surface area contributed by atoms with Crippen molar-refractivity contribution in [3.05, 3.63) is 70.5 Å². The van der Waals surface area contributed by atoms with Gasteiger partial charge in [0, 0.05) is 18.5 Å². The first-order chi connectivity index (χ1) is 9.92. The van der Waals surface area contributed by atoms with Crippen LogP contribution in [0.5, 0.6) is 0 Å². The Kier molecular flexibility index (Phi) is 4.65. The Morgan fingerprint density at radius 3 is 2.33 bits per heavy atom. The van der Waals surface area contributed by atoms with Gasteiger partial charge in [-0.2, -0.15) is 0 Å². The number of benzene rings is 2. The highest BCUT2D eigenvalue weighted by Gasteiger charge is 2.25. The summed E-state index contributed by atoms with van der Waals surface area (Å²) in [6.45, 7) is 1.63. The van der Waals surface area contributed by atoms with Crippen molar-refractivity contribution in [2.75, 3.05) is 6.54 Å². The molecule has 0 aromatic heterocycles. The number of halogens is 3. The van der Waals surface area contributed by atoms with Gasteiger partial charge in [-0.25, -0.2) is 13.2 Å². The van der Waals surface area contributed by atoms with Crippen LogP contribution in [0, 0.1) is 24.4 Å². The summed E-state index contributed by atoms with van der Waals surface area (Å²) < 4.78 is 40.2. The molecular weight excluding hydrogens is 279 g/mol. The van der Waals surface area contributed by atoms with E-state index in [0.717, 1.165) is 12.1 Å². The van der Waals surface area contributed by atoms with Gasteiger partial charge in [0.2, 0.25) is 0 Å². The van der Waals surface area contributed by atoms with E-state index >= 15 is 0 Å². The van der Waals surface area contributed by atoms with E-state index in [1.165, 1.54) is 18.2 Å². The summed E-state index contributed by atoms with van der Waals surface area (Å²) in [6, 6.07) is 7.20. The molecule has 0 aliphatic carbocycles. The second-order valence-corrected chi connectivity index (χ2v) is 5.01. The lowest BCUT2D eigenvalue weighted by Crippen LogP contribution is -2.21. The van der Waals surface area contributed by atoms with E-state index in [1.54, 1.807) is 13.0 Å². The summed E-state index contributed by atoms with van der Waals surface area (Å²) in [5, 5.41) is 10.4. The van der Waals surface area contributed by atoms with E-state index in [1.807, 2.05) is 0 Å². The Hall–Kier alpha value is -1.85. The molecule has 2 unspecified atom stereocenters. The van der Waals surface area contributed by atoms with Crippen LogP contribution in [0.4, 0.5) is 13.2 Å². The van der Waals surface area contributed by atoms with E-state index in [2.05, 4.69) is 0 Å². The minimum atomic E-state index is -1.18. The van der Waals surface area contributed by atoms with Gasteiger partial charge in [0.15, 0.2) is 0 Å². The van der Waals surface area contributed by atoms with Gasteiger partial charge in [-0.05, 0) is 41.8 Å². The van der Waals surface area contributed by atoms with Crippen molar-refractivity contribution < 1.29 is 18.3 Å². The number of aliphatic hydroxyl groups is 1. The van der Waals surface area contributed by atoms with Crippen LogP contribution in [-0.2, 0) is 0 Å². The van der Waals surface area contributed by atoms with Crippen LogP contribution >= 0.6 is 0 Å². The quantitative estimate of drug-likeness (QED) is 0.910. The molecule has 0 aliphatic rings. The average Bonchev–Trinajstić information content (AvgIpc) is 2.40. The summed E-state index contributed by atoms with van der Waals surface area (Å²) in [5.41, 5.74) is 6.67. The van der Waals surface area contributed by atoms with Crippen LogP contribution in [0.25, 0.3) is 0 Å². The van der Waals surface area contributed by atoms with E-state index < -0.39 is 29.5 Å². The number of hydrogen-bond acceptors (Lipinski definition) is 2. The monoisotopic (exact) mass is 295 g/mol. The maximum absolute atomic E-state index is 13.8. The van der Waals surface area contributed by atoms with Crippen LogP contribution in [-0.4, -0.2) is 11.7 Å². The molecule has 0 bridgehead atoms. The van der Waals surface area contributed by atoms with Crippen LogP contribution in [0.2, 0.25) is 0 Å². The predicted octanol–water partition coefficient (Wildman–Crippen LogP) is 3.19. The number of rotatable bonds is 4. The maximum Gasteiger partial charge on any atom is 0.129 e. The fourth-order valence-corrected chi connectivity index (χ4v) is 2.40. The molecule has 0 amide bonds. The minimum absolute atomic E-state index is 0.0563. The highest BCUT2D eigenvalue weighted by atomic mass is 19.1. The molecule has 0 radical (unpaired) electrons. The lowest BCUT2D eigenvalue weighted by molar-refractivity contribution is 0.145. The third kappa shape index (κ3) is 3.43. The van der Waals surface area contributed by atoms with Gasteiger partial charge in [-0.15, -0.1) is 0 Å². The topological polar surface area (TPSA) is 46.2 Å². The first-order valence-electron chi connectivity index (χ1n) is 6.52. The lowest BCUT2D eigenvalue weighted by Gasteiger charge is -2.23. The van der Waals surface area contributed by atoms with Crippen molar-refractivity contribution >= 4 is 0 Å². The SMILES string of the molecule is Cc1cc(F)cc(C(O)C(CN)c2ccc(F)cc2F)c1. The molecule has 0 aliphatic heterocycles. The summed E-state index contributed by atoms with van der Waals surface area (Å²) in [6.07, 6.45) is -1.18. The Bertz CT molecular complexity index is 625. The Morgan fingerprint density at radius 1 is 1.05 bits per heavy atom. The molecule has 21 heavy (non-hydrogen) atoms. The zero-order chi connectivity index (χ0) is 15.6. The third-order valence-corrected chi connectivity index (χ3v) is 3.40. The zero-order valence-electron chi connectivity index (χ0n) is 11.5. The maximum atomic E-state index is 13.8. The van der Waals surface area contributed by atoms with Gasteiger partial charge in [0.25, 0.3) is 0 Å². The first-order valence-corrected chi connectivity index (χ1v) is 6.52. The fourth-order valence-electron chi connectivity index (χ4n) is 2.40. The van der Waals surface area contributed by atoms with Crippen molar-refractivity contribution in [3.8, 4) is 0 Å². The Labute approximate surface area is 121 Å². The predicted molar refractivity (Wildman–Crippen MR) is 74.3 cm³/mol. The van der Waals surface area contributed by atoms with E-state index in [-0.39, 0.29) is 12.1 Å². The normalized spacial score (nSPS) is 14.0. The summed E-state index contributed by atoms with van der Waals surface area (Å²) in [4.78, 5) is 0. The lowest BCUT2D eigenvalue weighted by atomic mass is 9.88. The van der Waals surface area contributed by atoms with Crippen molar-refractivity contribution in [2.45, 2.75) is 18.9 Å². The molecule has 0 saturated heterocycles. The molecule has 0 saturated carbocycles. The molecule has 5 heteroatoms. The number of nitrogens with two attached hydrogens (primary N) is 1. The first kappa shape index (κ1) is 15.5. The van der Waals surface area contributed by atoms with E-state index in [0.29, 0.717) is 11.1 Å². The van der Waals surface area contributed by atoms with Crippen molar-refractivity contribution in [3.63, 3.8) is 0 Å². The molecule has 0 spiro atoms. The minimum Gasteiger partial charge on any atom is -0.388 e. The second kappa shape index (κ2) is 6.28. The van der Waals surface area contributed by atoms with Crippen molar-refractivity contribution in [1.29, 1.82) is 0 Å². The fraction of sp³-hybridized carbons (Fsp3) is 0.250. The summed E-state index contributed by atoms with van der Waals surface area (Å²) in [5.74, 6) is -2.76. The molecule has 2 aromatic rings. The molecule has 2 nitrogen and oxygen atoms in total. The Balaban J connectivity index is 2.40. The largest absolute Gasteiger partial charge is 0.388 e. The van der Waals surface area contributed by atoms with E-state index in [9.17, 15) is 18.3 Å². The average molecular weight is 295 g/mol. The van der Waals surface area contributed by atoms with Gasteiger partial charge in [0.1, 0.15) is 17.5 Å². The van der Waals surface area contributed by atoms with Crippen LogP contribution in [0.1, 0.15) is 28.7 Å². The number of aryl methyl sites for hydroxylation is 1. The molecule has 0 fully saturated rings. The van der Waals surface area contributed by atoms with Gasteiger partial charge >= 0.3 is 0 Å². The van der Waals surface area contributed by atoms with Crippen molar-refractivity contribution in [2.24, 2.45) is 5.73 Å². The molecule has 2 atom stereocenters. The number of hydrogen-bond donors (Lipinski definition) is 2. The van der Waals surface area contributed by atoms with Gasteiger partial charge in [0.05, 0.1) is 6.10 Å². The highest BCUT2D eigenvalue weighted by Crippen LogP contribution is 2.32. The molecule has 0 heterocycles. The van der Waals surface area contributed by atoms with Gasteiger partial charge < -0.3 is 10.8 Å². The Morgan fingerprint density at radius 2 is 1.76 bits per heavy atom. The standard InChI is InChI=1S/C16H16F3NO/c1-9-4-10(6-12(18)5-9)16(21)14(8-20)13-3-2-11(17)7-15(13)19/h2-7,14,16,21H,8,20H2,1H3. The second-order valence-electron chi connectivity index (χ2n) is 5.01. The van der Waals surface area contributed by atoms with Gasteiger partial charge in [-0.3, -0.25) is 0 Å².